The van der Waals surface area contributed by atoms with Crippen molar-refractivity contribution >= 4 is 17.6 Å². The Balaban J connectivity index is 1.81. The lowest BCUT2D eigenvalue weighted by Gasteiger charge is -2.36. The maximum absolute atomic E-state index is 12.3. The first-order chi connectivity index (χ1) is 10.6. The lowest BCUT2D eigenvalue weighted by molar-refractivity contribution is -0.132. The average Bonchev–Trinajstić information content (AvgIpc) is 3.00. The van der Waals surface area contributed by atoms with E-state index in [2.05, 4.69) is 21.6 Å². The minimum Gasteiger partial charge on any atom is -0.335 e. The van der Waals surface area contributed by atoms with Crippen LogP contribution in [0.5, 0.6) is 0 Å². The lowest BCUT2D eigenvalue weighted by atomic mass is 9.90. The molecule has 1 atom stereocenters. The van der Waals surface area contributed by atoms with Gasteiger partial charge in [0.1, 0.15) is 5.82 Å². The largest absolute Gasteiger partial charge is 0.335 e. The van der Waals surface area contributed by atoms with Gasteiger partial charge < -0.3 is 10.2 Å². The molecule has 1 aromatic carbocycles. The third-order valence-corrected chi connectivity index (χ3v) is 3.97. The molecule has 2 heterocycles. The number of aromatic nitrogens is 2. The Morgan fingerprint density at radius 2 is 2.18 bits per heavy atom. The van der Waals surface area contributed by atoms with Gasteiger partial charge in [0.05, 0.1) is 18.7 Å². The highest BCUT2D eigenvalue weighted by Gasteiger charge is 2.30. The van der Waals surface area contributed by atoms with E-state index < -0.39 is 0 Å². The van der Waals surface area contributed by atoms with E-state index >= 15 is 0 Å². The first kappa shape index (κ1) is 14.3. The number of rotatable bonds is 3. The fraction of sp³-hybridized carbons (Fsp3) is 0.312. The topological polar surface area (TPSA) is 78.1 Å². The number of hydrogen-bond acceptors (Lipinski definition) is 3. The molecule has 0 unspecified atom stereocenters. The highest BCUT2D eigenvalue weighted by molar-refractivity contribution is 5.90. The van der Waals surface area contributed by atoms with Crippen LogP contribution in [0.1, 0.15) is 30.5 Å². The number of aromatic amines is 1. The second-order valence-corrected chi connectivity index (χ2v) is 5.40. The highest BCUT2D eigenvalue weighted by atomic mass is 16.2. The molecule has 114 valence electrons. The summed E-state index contributed by atoms with van der Waals surface area (Å²) in [7, 11) is 0. The zero-order valence-electron chi connectivity index (χ0n) is 12.4. The number of H-pyrrole nitrogens is 1. The fourth-order valence-corrected chi connectivity index (χ4v) is 2.95. The third-order valence-electron chi connectivity index (χ3n) is 3.97. The highest BCUT2D eigenvalue weighted by Crippen LogP contribution is 2.32. The summed E-state index contributed by atoms with van der Waals surface area (Å²) in [6, 6.07) is 9.47. The number of hydrogen-bond donors (Lipinski definition) is 2. The Labute approximate surface area is 128 Å². The Hall–Kier alpha value is -2.63. The smallest absolute Gasteiger partial charge is 0.227 e. The van der Waals surface area contributed by atoms with E-state index in [0.29, 0.717) is 12.4 Å². The maximum atomic E-state index is 12.3. The summed E-state index contributed by atoms with van der Waals surface area (Å²) in [4.78, 5) is 25.9. The van der Waals surface area contributed by atoms with E-state index in [0.717, 1.165) is 12.0 Å². The third kappa shape index (κ3) is 2.86. The van der Waals surface area contributed by atoms with Gasteiger partial charge in [0, 0.05) is 19.5 Å². The maximum Gasteiger partial charge on any atom is 0.227 e. The van der Waals surface area contributed by atoms with Gasteiger partial charge in [-0.25, -0.2) is 0 Å². The van der Waals surface area contributed by atoms with Crippen LogP contribution >= 0.6 is 0 Å². The molecule has 0 spiro atoms. The van der Waals surface area contributed by atoms with Crippen LogP contribution in [0.4, 0.5) is 5.82 Å². The molecule has 2 N–H and O–H groups in total. The number of carbonyl (C=O) groups is 2. The normalized spacial score (nSPS) is 17.0. The van der Waals surface area contributed by atoms with Crippen LogP contribution < -0.4 is 5.32 Å². The van der Waals surface area contributed by atoms with Crippen molar-refractivity contribution in [1.29, 1.82) is 0 Å². The van der Waals surface area contributed by atoms with E-state index in [9.17, 15) is 9.59 Å². The fourth-order valence-electron chi connectivity index (χ4n) is 2.95. The van der Waals surface area contributed by atoms with Crippen molar-refractivity contribution in [3.8, 4) is 0 Å². The predicted molar refractivity (Wildman–Crippen MR) is 82.1 cm³/mol. The Bertz CT molecular complexity index is 681. The summed E-state index contributed by atoms with van der Waals surface area (Å²) in [6.07, 6.45) is 2.64. The quantitative estimate of drug-likeness (QED) is 0.908. The molecule has 1 aliphatic rings. The number of fused-ring (bicyclic) bond motifs is 1. The number of carbonyl (C=O) groups excluding carboxylic acids is 2. The molecule has 22 heavy (non-hydrogen) atoms. The van der Waals surface area contributed by atoms with Gasteiger partial charge in [-0.2, -0.15) is 5.10 Å². The molecule has 3 rings (SSSR count). The SMILES string of the molecule is CC(=O)N1CCc2ccccc2[C@@H]1CC(=O)Nc1ccn[nH]1. The summed E-state index contributed by atoms with van der Waals surface area (Å²) < 4.78 is 0. The van der Waals surface area contributed by atoms with Crippen LogP contribution in [0.25, 0.3) is 0 Å². The van der Waals surface area contributed by atoms with Crippen molar-refractivity contribution in [2.75, 3.05) is 11.9 Å². The van der Waals surface area contributed by atoms with Crippen molar-refractivity contribution in [3.63, 3.8) is 0 Å². The van der Waals surface area contributed by atoms with Gasteiger partial charge in [0.15, 0.2) is 0 Å². The Morgan fingerprint density at radius 1 is 1.36 bits per heavy atom. The minimum atomic E-state index is -0.217. The van der Waals surface area contributed by atoms with E-state index in [-0.39, 0.29) is 24.3 Å². The number of nitrogens with zero attached hydrogens (tertiary/aromatic N) is 2. The molecule has 0 radical (unpaired) electrons. The molecule has 0 saturated heterocycles. The van der Waals surface area contributed by atoms with Crippen LogP contribution in [0.15, 0.2) is 36.5 Å². The summed E-state index contributed by atoms with van der Waals surface area (Å²) in [5.41, 5.74) is 2.27. The van der Waals surface area contributed by atoms with Gasteiger partial charge in [-0.3, -0.25) is 14.7 Å². The Morgan fingerprint density at radius 3 is 2.91 bits per heavy atom. The molecule has 0 saturated carbocycles. The van der Waals surface area contributed by atoms with Gasteiger partial charge in [0.25, 0.3) is 0 Å². The second-order valence-electron chi connectivity index (χ2n) is 5.40. The molecule has 1 aromatic heterocycles. The minimum absolute atomic E-state index is 0.00570. The molecule has 6 nitrogen and oxygen atoms in total. The average molecular weight is 298 g/mol. The number of anilines is 1. The zero-order valence-corrected chi connectivity index (χ0v) is 12.4. The summed E-state index contributed by atoms with van der Waals surface area (Å²) in [5, 5.41) is 9.26. The van der Waals surface area contributed by atoms with Gasteiger partial charge in [-0.1, -0.05) is 24.3 Å². The van der Waals surface area contributed by atoms with Gasteiger partial charge >= 0.3 is 0 Å². The first-order valence-corrected chi connectivity index (χ1v) is 7.29. The molecule has 0 fully saturated rings. The summed E-state index contributed by atoms with van der Waals surface area (Å²) in [6.45, 7) is 2.20. The molecule has 1 aliphatic heterocycles. The van der Waals surface area contributed by atoms with Gasteiger partial charge in [-0.15, -0.1) is 0 Å². The van der Waals surface area contributed by atoms with E-state index in [1.54, 1.807) is 24.1 Å². The molecular weight excluding hydrogens is 280 g/mol. The van der Waals surface area contributed by atoms with Crippen LogP contribution in [-0.2, 0) is 16.0 Å². The van der Waals surface area contributed by atoms with Crippen LogP contribution in [0, 0.1) is 0 Å². The lowest BCUT2D eigenvalue weighted by Crippen LogP contribution is -2.40. The van der Waals surface area contributed by atoms with E-state index in [1.807, 2.05) is 18.2 Å². The Kier molecular flexibility index (Phi) is 3.91. The summed E-state index contributed by atoms with van der Waals surface area (Å²) >= 11 is 0. The van der Waals surface area contributed by atoms with E-state index in [1.165, 1.54) is 5.56 Å². The molecule has 2 aromatic rings. The van der Waals surface area contributed by atoms with Crippen molar-refractivity contribution < 1.29 is 9.59 Å². The van der Waals surface area contributed by atoms with Crippen molar-refractivity contribution in [2.45, 2.75) is 25.8 Å². The predicted octanol–water partition coefficient (Wildman–Crippen LogP) is 1.88. The van der Waals surface area contributed by atoms with Crippen molar-refractivity contribution in [1.82, 2.24) is 15.1 Å². The van der Waals surface area contributed by atoms with Crippen LogP contribution in [0.2, 0.25) is 0 Å². The number of benzene rings is 1. The monoisotopic (exact) mass is 298 g/mol. The molecule has 0 bridgehead atoms. The molecular formula is C16H18N4O2. The number of nitrogens with one attached hydrogen (secondary N) is 2. The van der Waals surface area contributed by atoms with Crippen molar-refractivity contribution in [2.24, 2.45) is 0 Å². The summed E-state index contributed by atoms with van der Waals surface area (Å²) in [5.74, 6) is 0.412. The molecule has 0 aliphatic carbocycles. The zero-order chi connectivity index (χ0) is 15.5. The van der Waals surface area contributed by atoms with Gasteiger partial charge in [-0.05, 0) is 17.5 Å². The molecule has 6 heteroatoms. The first-order valence-electron chi connectivity index (χ1n) is 7.29. The van der Waals surface area contributed by atoms with E-state index in [4.69, 9.17) is 0 Å². The number of amides is 2. The van der Waals surface area contributed by atoms with Crippen molar-refractivity contribution in [3.05, 3.63) is 47.7 Å². The standard InChI is InChI=1S/C16H18N4O2/c1-11(21)20-9-7-12-4-2-3-5-13(12)14(20)10-16(22)18-15-6-8-17-19-15/h2-6,8,14H,7,9-10H2,1H3,(H2,17,18,19,22)/t14-/m0/s1. The molecule has 2 amide bonds. The van der Waals surface area contributed by atoms with Crippen LogP contribution in [-0.4, -0.2) is 33.5 Å². The van der Waals surface area contributed by atoms with Gasteiger partial charge in [0.2, 0.25) is 11.8 Å². The second kappa shape index (κ2) is 6.01. The van der Waals surface area contributed by atoms with Crippen LogP contribution in [0.3, 0.4) is 0 Å².